The summed E-state index contributed by atoms with van der Waals surface area (Å²) in [5.41, 5.74) is 5.53. The van der Waals surface area contributed by atoms with Gasteiger partial charge in [0.1, 0.15) is 5.75 Å². The third-order valence-corrected chi connectivity index (χ3v) is 4.01. The number of nitrogens with zero attached hydrogens (tertiary/aromatic N) is 2. The quantitative estimate of drug-likeness (QED) is 0.600. The lowest BCUT2D eigenvalue weighted by Gasteiger charge is -2.14. The van der Waals surface area contributed by atoms with Gasteiger partial charge in [-0.1, -0.05) is 29.8 Å². The van der Waals surface area contributed by atoms with E-state index in [4.69, 9.17) is 4.74 Å². The Morgan fingerprint density at radius 1 is 1.17 bits per heavy atom. The van der Waals surface area contributed by atoms with E-state index < -0.39 is 0 Å². The van der Waals surface area contributed by atoms with Crippen LogP contribution in [-0.2, 0) is 6.54 Å². The zero-order valence-electron chi connectivity index (χ0n) is 15.3. The number of rotatable bonds is 7. The lowest BCUT2D eigenvalue weighted by molar-refractivity contribution is 0.416. The van der Waals surface area contributed by atoms with Gasteiger partial charge in [-0.3, -0.25) is 0 Å². The topological polar surface area (TPSA) is 36.9 Å². The van der Waals surface area contributed by atoms with Gasteiger partial charge >= 0.3 is 0 Å². The molecule has 0 atom stereocenters. The van der Waals surface area contributed by atoms with Crippen LogP contribution in [0.15, 0.2) is 41.4 Å². The van der Waals surface area contributed by atoms with Gasteiger partial charge in [-0.2, -0.15) is 0 Å². The fourth-order valence-corrected chi connectivity index (χ4v) is 2.27. The Morgan fingerprint density at radius 3 is 2.50 bits per heavy atom. The largest absolute Gasteiger partial charge is 0.495 e. The number of methoxy groups -OCH3 is 1. The second-order valence-corrected chi connectivity index (χ2v) is 6.00. The highest BCUT2D eigenvalue weighted by molar-refractivity contribution is 5.70. The zero-order valence-corrected chi connectivity index (χ0v) is 15.3. The smallest absolute Gasteiger partial charge is 0.144 e. The molecule has 0 heterocycles. The van der Waals surface area contributed by atoms with E-state index in [1.54, 1.807) is 7.11 Å². The molecule has 2 rings (SSSR count). The van der Waals surface area contributed by atoms with Crippen molar-refractivity contribution in [2.45, 2.75) is 27.3 Å². The number of aliphatic imine (C=N–C) groups is 1. The van der Waals surface area contributed by atoms with Crippen LogP contribution in [0.1, 0.15) is 23.6 Å². The van der Waals surface area contributed by atoms with Crippen LogP contribution in [0.25, 0.3) is 0 Å². The summed E-state index contributed by atoms with van der Waals surface area (Å²) < 4.78 is 5.53. The number of anilines is 1. The average molecular weight is 325 g/mol. The Balaban J connectivity index is 2.16. The highest BCUT2D eigenvalue weighted by atomic mass is 16.5. The number of ether oxygens (including phenoxy) is 1. The molecule has 0 saturated heterocycles. The maximum atomic E-state index is 5.53. The minimum Gasteiger partial charge on any atom is -0.495 e. The molecule has 0 aliphatic heterocycles. The minimum atomic E-state index is 0.761. The highest BCUT2D eigenvalue weighted by Crippen LogP contribution is 2.33. The average Bonchev–Trinajstić information content (AvgIpc) is 2.60. The summed E-state index contributed by atoms with van der Waals surface area (Å²) in [4.78, 5) is 6.58. The van der Waals surface area contributed by atoms with Crippen LogP contribution in [0, 0.1) is 13.8 Å². The van der Waals surface area contributed by atoms with Crippen molar-refractivity contribution >= 4 is 17.7 Å². The van der Waals surface area contributed by atoms with Gasteiger partial charge in [0.25, 0.3) is 0 Å². The highest BCUT2D eigenvalue weighted by Gasteiger charge is 2.07. The van der Waals surface area contributed by atoms with Gasteiger partial charge in [0.2, 0.25) is 0 Å². The Labute approximate surface area is 145 Å². The number of hydrogen-bond acceptors (Lipinski definition) is 3. The van der Waals surface area contributed by atoms with Crippen molar-refractivity contribution in [1.82, 2.24) is 4.90 Å². The molecular weight excluding hydrogens is 298 g/mol. The van der Waals surface area contributed by atoms with Crippen molar-refractivity contribution in [2.75, 3.05) is 26.0 Å². The van der Waals surface area contributed by atoms with E-state index in [0.29, 0.717) is 0 Å². The van der Waals surface area contributed by atoms with Crippen molar-refractivity contribution in [2.24, 2.45) is 4.99 Å². The molecule has 2 aromatic carbocycles. The van der Waals surface area contributed by atoms with Gasteiger partial charge in [0.05, 0.1) is 24.8 Å². The molecule has 0 amide bonds. The Bertz CT molecular complexity index is 693. The monoisotopic (exact) mass is 325 g/mol. The van der Waals surface area contributed by atoms with E-state index in [-0.39, 0.29) is 0 Å². The summed E-state index contributed by atoms with van der Waals surface area (Å²) in [5.74, 6) is 0.805. The fourth-order valence-electron chi connectivity index (χ4n) is 2.27. The van der Waals surface area contributed by atoms with Crippen LogP contribution >= 0.6 is 0 Å². The van der Waals surface area contributed by atoms with Crippen molar-refractivity contribution in [1.29, 1.82) is 0 Å². The van der Waals surface area contributed by atoms with Gasteiger partial charge in [-0.25, -0.2) is 4.99 Å². The summed E-state index contributed by atoms with van der Waals surface area (Å²) in [6, 6.07) is 12.6. The first-order chi connectivity index (χ1) is 11.5. The third-order valence-electron chi connectivity index (χ3n) is 4.01. The molecule has 0 aliphatic carbocycles. The number of aryl methyl sites for hydroxylation is 2. The Morgan fingerprint density at radius 2 is 1.88 bits per heavy atom. The summed E-state index contributed by atoms with van der Waals surface area (Å²) in [5, 5.41) is 3.46. The Kier molecular flexibility index (Phi) is 6.24. The molecule has 0 aliphatic rings. The zero-order chi connectivity index (χ0) is 17.5. The van der Waals surface area contributed by atoms with E-state index >= 15 is 0 Å². The molecule has 24 heavy (non-hydrogen) atoms. The molecule has 1 N–H and O–H groups in total. The molecule has 4 nitrogen and oxygen atoms in total. The van der Waals surface area contributed by atoms with E-state index in [2.05, 4.69) is 61.4 Å². The third kappa shape index (κ3) is 4.75. The molecule has 0 unspecified atom stereocenters. The summed E-state index contributed by atoms with van der Waals surface area (Å²) >= 11 is 0. The molecule has 0 saturated carbocycles. The van der Waals surface area contributed by atoms with Crippen molar-refractivity contribution < 1.29 is 4.74 Å². The van der Waals surface area contributed by atoms with E-state index in [1.165, 1.54) is 11.1 Å². The van der Waals surface area contributed by atoms with Crippen LogP contribution in [0.3, 0.4) is 0 Å². The lowest BCUT2D eigenvalue weighted by Crippen LogP contribution is -2.14. The van der Waals surface area contributed by atoms with Gasteiger partial charge in [0.15, 0.2) is 0 Å². The fraction of sp³-hybridized carbons (Fsp3) is 0.350. The van der Waals surface area contributed by atoms with Gasteiger partial charge < -0.3 is 15.0 Å². The van der Waals surface area contributed by atoms with E-state index in [0.717, 1.165) is 35.8 Å². The van der Waals surface area contributed by atoms with Crippen LogP contribution in [0.5, 0.6) is 5.75 Å². The van der Waals surface area contributed by atoms with E-state index in [9.17, 15) is 0 Å². The maximum absolute atomic E-state index is 5.53. The van der Waals surface area contributed by atoms with Gasteiger partial charge in [0, 0.05) is 26.2 Å². The first-order valence-corrected chi connectivity index (χ1v) is 8.26. The SMILES string of the molecule is CCN(C)C=Nc1cc(OC)c(NCc2ccc(C)cc2)cc1C. The summed E-state index contributed by atoms with van der Waals surface area (Å²) in [6.07, 6.45) is 1.85. The molecule has 128 valence electrons. The van der Waals surface area contributed by atoms with Crippen LogP contribution in [0.4, 0.5) is 11.4 Å². The second-order valence-electron chi connectivity index (χ2n) is 6.00. The number of nitrogens with one attached hydrogen (secondary N) is 1. The summed E-state index contributed by atoms with van der Waals surface area (Å²) in [6.45, 7) is 7.94. The standard InChI is InChI=1S/C20H27N3O/c1-6-23(4)14-22-18-12-20(24-5)19(11-16(18)3)21-13-17-9-7-15(2)8-10-17/h7-12,14,21H,6,13H2,1-5H3. The normalized spacial score (nSPS) is 10.9. The Hall–Kier alpha value is -2.49. The van der Waals surface area contributed by atoms with Gasteiger partial charge in [-0.15, -0.1) is 0 Å². The second kappa shape index (κ2) is 8.39. The van der Waals surface area contributed by atoms with Crippen molar-refractivity contribution in [3.8, 4) is 5.75 Å². The summed E-state index contributed by atoms with van der Waals surface area (Å²) in [7, 11) is 3.70. The van der Waals surface area contributed by atoms with Crippen LogP contribution < -0.4 is 10.1 Å². The predicted octanol–water partition coefficient (Wildman–Crippen LogP) is 4.54. The molecule has 0 aromatic heterocycles. The van der Waals surface area contributed by atoms with Crippen molar-refractivity contribution in [3.63, 3.8) is 0 Å². The molecule has 4 heteroatoms. The first-order valence-electron chi connectivity index (χ1n) is 8.26. The molecule has 2 aromatic rings. The van der Waals surface area contributed by atoms with Gasteiger partial charge in [-0.05, 0) is 38.0 Å². The lowest BCUT2D eigenvalue weighted by atomic mass is 10.1. The molecule has 0 radical (unpaired) electrons. The maximum Gasteiger partial charge on any atom is 0.144 e. The number of benzene rings is 2. The van der Waals surface area contributed by atoms with E-state index in [1.807, 2.05) is 24.4 Å². The van der Waals surface area contributed by atoms with Crippen LogP contribution in [-0.4, -0.2) is 31.9 Å². The van der Waals surface area contributed by atoms with Crippen LogP contribution in [0.2, 0.25) is 0 Å². The number of hydrogen-bond donors (Lipinski definition) is 1. The molecule has 0 spiro atoms. The molecule has 0 bridgehead atoms. The first kappa shape index (κ1) is 17.9. The molecule has 0 fully saturated rings. The minimum absolute atomic E-state index is 0.761. The molecular formula is C20H27N3O. The predicted molar refractivity (Wildman–Crippen MR) is 103 cm³/mol. The van der Waals surface area contributed by atoms with Crippen molar-refractivity contribution in [3.05, 3.63) is 53.1 Å².